The molecule has 1 aliphatic heterocycles. The second-order valence-corrected chi connectivity index (χ2v) is 10.9. The van der Waals surface area contributed by atoms with Crippen LogP contribution in [-0.2, 0) is 13.0 Å². The molecule has 1 fully saturated rings. The average molecular weight is 479 g/mol. The Bertz CT molecular complexity index is 1130. The maximum atomic E-state index is 12.9. The van der Waals surface area contributed by atoms with Gasteiger partial charge in [-0.3, -0.25) is 14.7 Å². The first-order valence-electron chi connectivity index (χ1n) is 12.6. The third kappa shape index (κ3) is 5.41. The molecule has 3 heterocycles. The van der Waals surface area contributed by atoms with Crippen molar-refractivity contribution in [2.45, 2.75) is 71.1 Å². The van der Waals surface area contributed by atoms with Gasteiger partial charge in [-0.2, -0.15) is 0 Å². The van der Waals surface area contributed by atoms with E-state index in [1.807, 2.05) is 44.2 Å². The van der Waals surface area contributed by atoms with Crippen LogP contribution >= 0.6 is 11.3 Å². The summed E-state index contributed by atoms with van der Waals surface area (Å²) in [6.45, 7) is 7.28. The molecule has 5 rings (SSSR count). The number of nitrogens with zero attached hydrogens (tertiary/aromatic N) is 3. The quantitative estimate of drug-likeness (QED) is 0.505. The number of amides is 1. The minimum Gasteiger partial charge on any atom is -0.467 e. The number of ether oxygens (including phenoxy) is 1. The largest absolute Gasteiger partial charge is 0.467 e. The molecular weight excluding hydrogens is 444 g/mol. The Balaban J connectivity index is 1.08. The number of fused-ring (bicyclic) bond motifs is 2. The summed E-state index contributed by atoms with van der Waals surface area (Å²) in [5.41, 5.74) is 2.80. The van der Waals surface area contributed by atoms with Gasteiger partial charge in [-0.1, -0.05) is 23.5 Å². The van der Waals surface area contributed by atoms with E-state index in [0.29, 0.717) is 0 Å². The molecule has 1 amide bonds. The maximum absolute atomic E-state index is 12.9. The molecule has 0 radical (unpaired) electrons. The number of nitrogens with one attached hydrogen (secondary N) is 1. The second kappa shape index (κ2) is 10.4. The fourth-order valence-corrected chi connectivity index (χ4v) is 6.23. The van der Waals surface area contributed by atoms with Crippen LogP contribution in [0.1, 0.15) is 66.9 Å². The fraction of sp³-hybridized carbons (Fsp3) is 0.519. The van der Waals surface area contributed by atoms with Gasteiger partial charge < -0.3 is 10.1 Å². The van der Waals surface area contributed by atoms with Crippen molar-refractivity contribution in [2.75, 3.05) is 13.1 Å². The van der Waals surface area contributed by atoms with E-state index in [4.69, 9.17) is 9.72 Å². The minimum absolute atomic E-state index is 0.0234. The Kier molecular flexibility index (Phi) is 7.11. The van der Waals surface area contributed by atoms with Gasteiger partial charge in [0.1, 0.15) is 0 Å². The molecule has 1 saturated carbocycles. The molecule has 0 unspecified atom stereocenters. The van der Waals surface area contributed by atoms with E-state index in [2.05, 4.69) is 15.2 Å². The number of thiazole rings is 1. The number of rotatable bonds is 7. The Morgan fingerprint density at radius 2 is 2.06 bits per heavy atom. The van der Waals surface area contributed by atoms with Gasteiger partial charge in [0.15, 0.2) is 0 Å². The van der Waals surface area contributed by atoms with Gasteiger partial charge >= 0.3 is 0 Å². The molecule has 1 N–H and O–H groups in total. The molecule has 6 nitrogen and oxygen atoms in total. The van der Waals surface area contributed by atoms with E-state index in [9.17, 15) is 4.79 Å². The summed E-state index contributed by atoms with van der Waals surface area (Å²) in [6.07, 6.45) is 8.74. The van der Waals surface area contributed by atoms with Crippen molar-refractivity contribution in [3.63, 3.8) is 0 Å². The Hall–Kier alpha value is -2.51. The van der Waals surface area contributed by atoms with Crippen LogP contribution in [0, 0.1) is 5.92 Å². The van der Waals surface area contributed by atoms with Crippen LogP contribution in [0.3, 0.4) is 0 Å². The summed E-state index contributed by atoms with van der Waals surface area (Å²) in [6, 6.07) is 9.89. The highest BCUT2D eigenvalue weighted by molar-refractivity contribution is 7.13. The summed E-state index contributed by atoms with van der Waals surface area (Å²) in [4.78, 5) is 26.0. The van der Waals surface area contributed by atoms with Crippen molar-refractivity contribution in [1.82, 2.24) is 20.2 Å². The van der Waals surface area contributed by atoms with Gasteiger partial charge in [0.2, 0.25) is 0 Å². The second-order valence-electron chi connectivity index (χ2n) is 9.90. The van der Waals surface area contributed by atoms with Crippen molar-refractivity contribution in [2.24, 2.45) is 5.92 Å². The average Bonchev–Trinajstić information content (AvgIpc) is 3.24. The van der Waals surface area contributed by atoms with Crippen molar-refractivity contribution in [3.8, 4) is 5.19 Å². The number of hydrogen-bond donors (Lipinski definition) is 1. The monoisotopic (exact) mass is 478 g/mol. The molecule has 0 saturated heterocycles. The van der Waals surface area contributed by atoms with Crippen molar-refractivity contribution in [1.29, 1.82) is 0 Å². The molecular formula is C27H34N4O2S. The number of carbonyl (C=O) groups is 1. The lowest BCUT2D eigenvalue weighted by atomic mass is 9.84. The molecule has 2 aliphatic rings. The van der Waals surface area contributed by atoms with Crippen LogP contribution in [0.25, 0.3) is 10.9 Å². The van der Waals surface area contributed by atoms with E-state index in [0.717, 1.165) is 66.5 Å². The number of carbonyl (C=O) groups excluding carboxylic acids is 1. The standard InChI is InChI=1S/C27H34N4O2S/c1-18(2)33-27-30-24-17-31(16-13-25(24)34-27)15-12-19-8-10-20(11-9-19)29-26(32)22-5-3-7-23-21(22)6-4-14-28-23/h3-7,14,18-20H,8-13,15-17H2,1-2H3,(H,29,32)/t19-,20-. The first-order valence-corrected chi connectivity index (χ1v) is 13.4. The van der Waals surface area contributed by atoms with Gasteiger partial charge in [0.05, 0.1) is 17.3 Å². The van der Waals surface area contributed by atoms with Crippen LogP contribution in [0.2, 0.25) is 0 Å². The van der Waals surface area contributed by atoms with Gasteiger partial charge in [-0.25, -0.2) is 4.98 Å². The normalized spacial score (nSPS) is 20.9. The number of pyridine rings is 1. The van der Waals surface area contributed by atoms with Gasteiger partial charge in [0, 0.05) is 41.2 Å². The molecule has 7 heteroatoms. The summed E-state index contributed by atoms with van der Waals surface area (Å²) in [5.74, 6) is 0.766. The molecule has 0 spiro atoms. The third-order valence-electron chi connectivity index (χ3n) is 7.05. The zero-order valence-electron chi connectivity index (χ0n) is 20.1. The number of hydrogen-bond acceptors (Lipinski definition) is 6. The summed E-state index contributed by atoms with van der Waals surface area (Å²) in [5, 5.41) is 5.03. The van der Waals surface area contributed by atoms with Crippen LogP contribution in [-0.4, -0.2) is 46.0 Å². The highest BCUT2D eigenvalue weighted by Gasteiger charge is 2.26. The van der Waals surface area contributed by atoms with Crippen LogP contribution in [0.15, 0.2) is 36.5 Å². The Morgan fingerprint density at radius 3 is 2.88 bits per heavy atom. The molecule has 0 atom stereocenters. The van der Waals surface area contributed by atoms with E-state index in [-0.39, 0.29) is 18.1 Å². The SMILES string of the molecule is CC(C)Oc1nc2c(s1)CCN(CC[C@H]1CC[C@H](NC(=O)c3cccc4ncccc34)CC1)C2. The van der Waals surface area contributed by atoms with Crippen LogP contribution < -0.4 is 10.1 Å². The molecule has 2 aromatic heterocycles. The van der Waals surface area contributed by atoms with E-state index >= 15 is 0 Å². The van der Waals surface area contributed by atoms with Gasteiger partial charge in [-0.15, -0.1) is 0 Å². The lowest BCUT2D eigenvalue weighted by Crippen LogP contribution is -2.38. The third-order valence-corrected chi connectivity index (χ3v) is 8.10. The van der Waals surface area contributed by atoms with Crippen LogP contribution in [0.5, 0.6) is 5.19 Å². The molecule has 180 valence electrons. The lowest BCUT2D eigenvalue weighted by Gasteiger charge is -2.32. The van der Waals surface area contributed by atoms with E-state index in [1.54, 1.807) is 17.5 Å². The summed E-state index contributed by atoms with van der Waals surface area (Å²) in [7, 11) is 0. The fourth-order valence-electron chi connectivity index (χ4n) is 5.20. The van der Waals surface area contributed by atoms with Crippen molar-refractivity contribution < 1.29 is 9.53 Å². The van der Waals surface area contributed by atoms with E-state index < -0.39 is 0 Å². The topological polar surface area (TPSA) is 67.3 Å². The Labute approximate surface area is 205 Å². The summed E-state index contributed by atoms with van der Waals surface area (Å²) < 4.78 is 5.80. The lowest BCUT2D eigenvalue weighted by molar-refractivity contribution is 0.0921. The highest BCUT2D eigenvalue weighted by Crippen LogP contribution is 2.32. The smallest absolute Gasteiger partial charge is 0.273 e. The first kappa shape index (κ1) is 23.2. The molecule has 1 aromatic carbocycles. The number of benzene rings is 1. The minimum atomic E-state index is 0.0234. The molecule has 1 aliphatic carbocycles. The van der Waals surface area contributed by atoms with E-state index in [1.165, 1.54) is 29.8 Å². The van der Waals surface area contributed by atoms with Gasteiger partial charge in [-0.05, 0) is 83.0 Å². The predicted molar refractivity (Wildman–Crippen MR) is 136 cm³/mol. The van der Waals surface area contributed by atoms with Crippen molar-refractivity contribution in [3.05, 3.63) is 52.7 Å². The Morgan fingerprint density at radius 1 is 1.21 bits per heavy atom. The van der Waals surface area contributed by atoms with Crippen molar-refractivity contribution >= 4 is 28.1 Å². The summed E-state index contributed by atoms with van der Waals surface area (Å²) >= 11 is 1.72. The number of aromatic nitrogens is 2. The molecule has 34 heavy (non-hydrogen) atoms. The highest BCUT2D eigenvalue weighted by atomic mass is 32.1. The maximum Gasteiger partial charge on any atom is 0.273 e. The van der Waals surface area contributed by atoms with Crippen LogP contribution in [0.4, 0.5) is 0 Å². The zero-order valence-corrected chi connectivity index (χ0v) is 20.9. The van der Waals surface area contributed by atoms with Gasteiger partial charge in [0.25, 0.3) is 11.1 Å². The first-order chi connectivity index (χ1) is 16.5. The molecule has 0 bridgehead atoms. The molecule has 3 aromatic rings. The predicted octanol–water partition coefficient (Wildman–Crippen LogP) is 5.22. The zero-order chi connectivity index (χ0) is 23.5.